The number of hydrogen-bond acceptors (Lipinski definition) is 5. The van der Waals surface area contributed by atoms with Crippen LogP contribution in [0.1, 0.15) is 5.56 Å². The second-order valence-electron chi connectivity index (χ2n) is 7.98. The summed E-state index contributed by atoms with van der Waals surface area (Å²) >= 11 is 0. The smallest absolute Gasteiger partial charge is 0.228 e. The molecule has 5 aliphatic rings. The minimum Gasteiger partial charge on any atom is -0.352 e. The maximum Gasteiger partial charge on any atom is 0.228 e. The molecular formula is C21H25N6+. The molecule has 1 atom stereocenters. The Morgan fingerprint density at radius 3 is 2.37 bits per heavy atom. The van der Waals surface area contributed by atoms with E-state index in [-0.39, 0.29) is 0 Å². The van der Waals surface area contributed by atoms with Crippen molar-refractivity contribution < 1.29 is 4.48 Å². The fourth-order valence-corrected chi connectivity index (χ4v) is 5.15. The van der Waals surface area contributed by atoms with Crippen LogP contribution in [-0.2, 0) is 6.54 Å². The fourth-order valence-electron chi connectivity index (χ4n) is 5.15. The van der Waals surface area contributed by atoms with Gasteiger partial charge >= 0.3 is 0 Å². The Hall–Kier alpha value is -2.60. The van der Waals surface area contributed by atoms with Crippen molar-refractivity contribution in [1.82, 2.24) is 14.7 Å². The highest BCUT2D eigenvalue weighted by molar-refractivity contribution is 6.24. The molecule has 5 aliphatic heterocycles. The Bertz CT molecular complexity index is 885. The molecule has 0 N–H and O–H groups in total. The van der Waals surface area contributed by atoms with Gasteiger partial charge in [-0.3, -0.25) is 14.9 Å². The zero-order valence-electron chi connectivity index (χ0n) is 15.6. The number of benzene rings is 1. The molecule has 0 radical (unpaired) electrons. The second kappa shape index (κ2) is 5.70. The van der Waals surface area contributed by atoms with E-state index >= 15 is 0 Å². The van der Waals surface area contributed by atoms with Gasteiger partial charge in [0.15, 0.2) is 0 Å². The molecule has 1 unspecified atom stereocenters. The number of rotatable bonds is 2. The summed E-state index contributed by atoms with van der Waals surface area (Å²) in [6.07, 6.45) is 4.72. The molecular weight excluding hydrogens is 336 g/mol. The summed E-state index contributed by atoms with van der Waals surface area (Å²) < 4.78 is 0.877. The molecule has 1 aromatic rings. The quantitative estimate of drug-likeness (QED) is 0.748. The van der Waals surface area contributed by atoms with E-state index in [1.54, 1.807) is 0 Å². The average molecular weight is 361 g/mol. The highest BCUT2D eigenvalue weighted by atomic mass is 15.5. The van der Waals surface area contributed by atoms with Crippen molar-refractivity contribution in [3.05, 3.63) is 59.7 Å². The summed E-state index contributed by atoms with van der Waals surface area (Å²) in [5.74, 6) is 3.75. The summed E-state index contributed by atoms with van der Waals surface area (Å²) in [4.78, 5) is 17.3. The third-order valence-corrected chi connectivity index (χ3v) is 6.45. The molecule has 0 bridgehead atoms. The molecule has 0 aliphatic carbocycles. The second-order valence-corrected chi connectivity index (χ2v) is 7.98. The van der Waals surface area contributed by atoms with Crippen molar-refractivity contribution >= 4 is 11.7 Å². The third-order valence-electron chi connectivity index (χ3n) is 6.45. The SMILES string of the molecule is C1=C[N+]2(Cc3ccccc3)CCN3CCN=C3C3=C2N1CCN1CCN=C31. The largest absolute Gasteiger partial charge is 0.352 e. The van der Waals surface area contributed by atoms with Crippen LogP contribution in [0.2, 0.25) is 0 Å². The number of quaternary nitrogens is 1. The third kappa shape index (κ3) is 2.22. The van der Waals surface area contributed by atoms with Crippen LogP contribution < -0.4 is 0 Å². The lowest BCUT2D eigenvalue weighted by Crippen LogP contribution is -2.45. The van der Waals surface area contributed by atoms with Crippen molar-refractivity contribution in [2.75, 3.05) is 52.4 Å². The normalized spacial score (nSPS) is 28.5. The van der Waals surface area contributed by atoms with Crippen molar-refractivity contribution in [2.45, 2.75) is 6.54 Å². The summed E-state index contributed by atoms with van der Waals surface area (Å²) in [5, 5.41) is 0. The molecule has 6 heteroatoms. The van der Waals surface area contributed by atoms with Crippen molar-refractivity contribution in [1.29, 1.82) is 0 Å². The first-order chi connectivity index (χ1) is 13.3. The van der Waals surface area contributed by atoms with Crippen molar-refractivity contribution in [3.8, 4) is 0 Å². The van der Waals surface area contributed by atoms with Gasteiger partial charge in [-0.1, -0.05) is 30.3 Å². The Balaban J connectivity index is 1.56. The number of aliphatic imine (C=N–C) groups is 2. The number of fused-ring (bicyclic) bond motifs is 4. The molecule has 0 saturated heterocycles. The Morgan fingerprint density at radius 1 is 0.852 bits per heavy atom. The van der Waals surface area contributed by atoms with Gasteiger partial charge in [-0.15, -0.1) is 0 Å². The fraction of sp³-hybridized carbons (Fsp3) is 0.429. The summed E-state index contributed by atoms with van der Waals surface area (Å²) in [5.41, 5.74) is 2.68. The monoisotopic (exact) mass is 361 g/mol. The average Bonchev–Trinajstić information content (AvgIpc) is 3.38. The van der Waals surface area contributed by atoms with Crippen LogP contribution in [0.4, 0.5) is 0 Å². The van der Waals surface area contributed by atoms with Crippen LogP contribution in [0.5, 0.6) is 0 Å². The summed E-state index contributed by atoms with van der Waals surface area (Å²) in [7, 11) is 0. The molecule has 0 spiro atoms. The number of hydrogen-bond donors (Lipinski definition) is 0. The zero-order valence-corrected chi connectivity index (χ0v) is 15.6. The van der Waals surface area contributed by atoms with Gasteiger partial charge in [0.2, 0.25) is 5.82 Å². The lowest BCUT2D eigenvalue weighted by molar-refractivity contribution is -0.856. The molecule has 138 valence electrons. The highest BCUT2D eigenvalue weighted by Gasteiger charge is 2.50. The molecule has 0 amide bonds. The van der Waals surface area contributed by atoms with E-state index in [1.165, 1.54) is 28.6 Å². The lowest BCUT2D eigenvalue weighted by Gasteiger charge is -2.34. The number of amidine groups is 2. The van der Waals surface area contributed by atoms with Gasteiger partial charge < -0.3 is 9.80 Å². The molecule has 6 nitrogen and oxygen atoms in total. The Morgan fingerprint density at radius 2 is 1.59 bits per heavy atom. The predicted molar refractivity (Wildman–Crippen MR) is 106 cm³/mol. The first-order valence-corrected chi connectivity index (χ1v) is 10.1. The molecule has 0 aromatic heterocycles. The minimum absolute atomic E-state index is 0.877. The van der Waals surface area contributed by atoms with E-state index in [0.717, 1.165) is 63.4 Å². The molecule has 5 heterocycles. The minimum atomic E-state index is 0.877. The van der Waals surface area contributed by atoms with E-state index in [2.05, 4.69) is 57.4 Å². The molecule has 0 saturated carbocycles. The van der Waals surface area contributed by atoms with Crippen LogP contribution in [0.3, 0.4) is 0 Å². The summed E-state index contributed by atoms with van der Waals surface area (Å²) in [6.45, 7) is 9.06. The summed E-state index contributed by atoms with van der Waals surface area (Å²) in [6, 6.07) is 10.9. The molecule has 1 aromatic carbocycles. The van der Waals surface area contributed by atoms with Crippen LogP contribution in [0, 0.1) is 0 Å². The zero-order chi connectivity index (χ0) is 17.8. The predicted octanol–water partition coefficient (Wildman–Crippen LogP) is 1.46. The highest BCUT2D eigenvalue weighted by Crippen LogP contribution is 2.40. The maximum absolute atomic E-state index is 4.95. The molecule has 0 fully saturated rings. The van der Waals surface area contributed by atoms with Crippen LogP contribution >= 0.6 is 0 Å². The van der Waals surface area contributed by atoms with E-state index < -0.39 is 0 Å². The van der Waals surface area contributed by atoms with E-state index in [0.29, 0.717) is 0 Å². The van der Waals surface area contributed by atoms with E-state index in [1.807, 2.05) is 0 Å². The van der Waals surface area contributed by atoms with Crippen LogP contribution in [0.15, 0.2) is 64.1 Å². The maximum atomic E-state index is 4.95. The molecule has 27 heavy (non-hydrogen) atoms. The topological polar surface area (TPSA) is 34.4 Å². The number of nitrogens with zero attached hydrogens (tertiary/aromatic N) is 6. The Kier molecular flexibility index (Phi) is 3.26. The van der Waals surface area contributed by atoms with Gasteiger partial charge in [0.05, 0.1) is 25.8 Å². The van der Waals surface area contributed by atoms with Gasteiger partial charge in [-0.2, -0.15) is 0 Å². The van der Waals surface area contributed by atoms with Gasteiger partial charge in [0, 0.05) is 31.7 Å². The Labute approximate surface area is 160 Å². The van der Waals surface area contributed by atoms with Gasteiger partial charge in [0.25, 0.3) is 0 Å². The first kappa shape index (κ1) is 15.5. The van der Waals surface area contributed by atoms with Gasteiger partial charge in [-0.25, -0.2) is 4.48 Å². The standard InChI is InChI=1S/C21H25N6/c1-2-4-17(5-3-1)16-27-14-12-25-9-7-23-20(25)18-19-22-6-8-24(19)10-11-26(13-15-27)21(18)27/h1-5,13,15H,6-12,14,16H2/q+1. The van der Waals surface area contributed by atoms with Crippen molar-refractivity contribution in [3.63, 3.8) is 0 Å². The van der Waals surface area contributed by atoms with Crippen LogP contribution in [0.25, 0.3) is 0 Å². The molecule has 6 rings (SSSR count). The van der Waals surface area contributed by atoms with Gasteiger partial charge in [-0.05, 0) is 0 Å². The van der Waals surface area contributed by atoms with Gasteiger partial charge in [0.1, 0.15) is 36.5 Å². The van der Waals surface area contributed by atoms with E-state index in [9.17, 15) is 0 Å². The van der Waals surface area contributed by atoms with E-state index in [4.69, 9.17) is 9.98 Å². The first-order valence-electron chi connectivity index (χ1n) is 10.1. The van der Waals surface area contributed by atoms with Crippen LogP contribution in [-0.4, -0.2) is 83.2 Å². The lowest BCUT2D eigenvalue weighted by atomic mass is 10.1. The van der Waals surface area contributed by atoms with Crippen molar-refractivity contribution in [2.24, 2.45) is 9.98 Å².